The molecule has 0 radical (unpaired) electrons. The lowest BCUT2D eigenvalue weighted by atomic mass is 10.0. The second kappa shape index (κ2) is 8.23. The quantitative estimate of drug-likeness (QED) is 0.264. The highest BCUT2D eigenvalue weighted by molar-refractivity contribution is 5.91. The summed E-state index contributed by atoms with van der Waals surface area (Å²) < 4.78 is 45.1. The highest BCUT2D eigenvalue weighted by atomic mass is 19.2. The minimum absolute atomic E-state index is 0.130. The zero-order valence-corrected chi connectivity index (χ0v) is 14.3. The van der Waals surface area contributed by atoms with E-state index in [1.807, 2.05) is 6.07 Å². The maximum Gasteiger partial charge on any atom is 0.343 e. The van der Waals surface area contributed by atoms with Gasteiger partial charge in [-0.15, -0.1) is 0 Å². The van der Waals surface area contributed by atoms with Gasteiger partial charge in [0.1, 0.15) is 11.6 Å². The predicted molar refractivity (Wildman–Crippen MR) is 97.6 cm³/mol. The summed E-state index contributed by atoms with van der Waals surface area (Å²) >= 11 is 0. The Bertz CT molecular complexity index is 1100. The largest absolute Gasteiger partial charge is 0.423 e. The van der Waals surface area contributed by atoms with E-state index in [0.717, 1.165) is 18.2 Å². The van der Waals surface area contributed by atoms with Crippen molar-refractivity contribution in [2.24, 2.45) is 0 Å². The zero-order chi connectivity index (χ0) is 20.1. The fourth-order valence-electron chi connectivity index (χ4n) is 2.44. The number of nitrogens with zero attached hydrogens (tertiary/aromatic N) is 1. The van der Waals surface area contributed by atoms with Crippen LogP contribution in [-0.4, -0.2) is 5.97 Å². The topological polar surface area (TPSA) is 50.1 Å². The molecular weight excluding hydrogens is 367 g/mol. The molecule has 0 fully saturated rings. The van der Waals surface area contributed by atoms with Crippen molar-refractivity contribution in [1.29, 1.82) is 5.26 Å². The lowest BCUT2D eigenvalue weighted by molar-refractivity contribution is 0.0734. The molecule has 0 aliphatic rings. The monoisotopic (exact) mass is 379 g/mol. The molecule has 0 aromatic heterocycles. The molecule has 3 nitrogen and oxygen atoms in total. The maximum atomic E-state index is 13.9. The molecule has 0 bridgehead atoms. The standard InChI is InChI=1S/C22H12F3NO2/c23-19-4-2-1-3-18(19)16(13-26)11-14-5-8-17(9-6-14)28-22(27)15-7-10-20(24)21(25)12-15/h1-12H/b16-11-. The second-order valence-corrected chi connectivity index (χ2v) is 5.74. The van der Waals surface area contributed by atoms with Crippen LogP contribution in [-0.2, 0) is 0 Å². The number of benzene rings is 3. The summed E-state index contributed by atoms with van der Waals surface area (Å²) in [6, 6.07) is 16.7. The third kappa shape index (κ3) is 4.27. The van der Waals surface area contributed by atoms with Crippen molar-refractivity contribution in [3.05, 3.63) is 101 Å². The molecule has 3 aromatic carbocycles. The van der Waals surface area contributed by atoms with Gasteiger partial charge < -0.3 is 4.74 Å². The van der Waals surface area contributed by atoms with Gasteiger partial charge in [0.05, 0.1) is 17.2 Å². The highest BCUT2D eigenvalue weighted by Crippen LogP contribution is 2.22. The minimum Gasteiger partial charge on any atom is -0.423 e. The van der Waals surface area contributed by atoms with Crippen LogP contribution < -0.4 is 4.74 Å². The van der Waals surface area contributed by atoms with Gasteiger partial charge in [-0.3, -0.25) is 0 Å². The molecule has 3 rings (SSSR count). The van der Waals surface area contributed by atoms with Gasteiger partial charge in [-0.05, 0) is 48.0 Å². The molecule has 0 atom stereocenters. The Kier molecular flexibility index (Phi) is 5.56. The molecule has 6 heteroatoms. The van der Waals surface area contributed by atoms with Gasteiger partial charge in [0.2, 0.25) is 0 Å². The Morgan fingerprint density at radius 1 is 0.893 bits per heavy atom. The average Bonchev–Trinajstić information content (AvgIpc) is 2.70. The maximum absolute atomic E-state index is 13.9. The van der Waals surface area contributed by atoms with Gasteiger partial charge in [0.25, 0.3) is 0 Å². The molecule has 0 saturated heterocycles. The molecule has 0 unspecified atom stereocenters. The molecule has 0 aliphatic heterocycles. The number of carbonyl (C=O) groups excluding carboxylic acids is 1. The zero-order valence-electron chi connectivity index (χ0n) is 14.3. The van der Waals surface area contributed by atoms with E-state index in [2.05, 4.69) is 0 Å². The van der Waals surface area contributed by atoms with Crippen molar-refractivity contribution in [2.75, 3.05) is 0 Å². The molecule has 138 valence electrons. The van der Waals surface area contributed by atoms with E-state index in [1.165, 1.54) is 36.4 Å². The third-order valence-corrected chi connectivity index (χ3v) is 3.84. The van der Waals surface area contributed by atoms with Crippen LogP contribution in [0.2, 0.25) is 0 Å². The molecule has 0 amide bonds. The van der Waals surface area contributed by atoms with Crippen molar-refractivity contribution in [3.63, 3.8) is 0 Å². The molecule has 0 saturated carbocycles. The normalized spacial score (nSPS) is 11.0. The first kappa shape index (κ1) is 18.9. The number of esters is 1. The van der Waals surface area contributed by atoms with Crippen molar-refractivity contribution >= 4 is 17.6 Å². The lowest BCUT2D eigenvalue weighted by Gasteiger charge is -2.06. The van der Waals surface area contributed by atoms with Crippen LogP contribution in [0.1, 0.15) is 21.5 Å². The van der Waals surface area contributed by atoms with Crippen molar-refractivity contribution in [2.45, 2.75) is 0 Å². The van der Waals surface area contributed by atoms with Gasteiger partial charge in [0.15, 0.2) is 11.6 Å². The van der Waals surface area contributed by atoms with Crippen LogP contribution in [0, 0.1) is 28.8 Å². The van der Waals surface area contributed by atoms with E-state index in [-0.39, 0.29) is 22.4 Å². The Hall–Kier alpha value is -3.85. The smallest absolute Gasteiger partial charge is 0.343 e. The highest BCUT2D eigenvalue weighted by Gasteiger charge is 2.12. The summed E-state index contributed by atoms with van der Waals surface area (Å²) in [5.41, 5.74) is 0.782. The van der Waals surface area contributed by atoms with E-state index in [0.29, 0.717) is 5.56 Å². The number of halogens is 3. The van der Waals surface area contributed by atoms with Gasteiger partial charge in [-0.2, -0.15) is 5.26 Å². The van der Waals surface area contributed by atoms with E-state index in [9.17, 15) is 23.2 Å². The number of rotatable bonds is 4. The summed E-state index contributed by atoms with van der Waals surface area (Å²) in [7, 11) is 0. The number of allylic oxidation sites excluding steroid dienone is 1. The molecule has 0 spiro atoms. The van der Waals surface area contributed by atoms with Crippen LogP contribution in [0.5, 0.6) is 5.75 Å². The Morgan fingerprint density at radius 2 is 1.61 bits per heavy atom. The third-order valence-electron chi connectivity index (χ3n) is 3.84. The van der Waals surface area contributed by atoms with E-state index >= 15 is 0 Å². The summed E-state index contributed by atoms with van der Waals surface area (Å²) in [5, 5.41) is 9.30. The van der Waals surface area contributed by atoms with Crippen LogP contribution >= 0.6 is 0 Å². The van der Waals surface area contributed by atoms with Crippen molar-refractivity contribution < 1.29 is 22.7 Å². The van der Waals surface area contributed by atoms with Gasteiger partial charge in [-0.1, -0.05) is 30.3 Å². The second-order valence-electron chi connectivity index (χ2n) is 5.74. The number of hydrogen-bond acceptors (Lipinski definition) is 3. The van der Waals surface area contributed by atoms with Crippen molar-refractivity contribution in [3.8, 4) is 11.8 Å². The fraction of sp³-hybridized carbons (Fsp3) is 0. The summed E-state index contributed by atoms with van der Waals surface area (Å²) in [4.78, 5) is 12.0. The Morgan fingerprint density at radius 3 is 2.25 bits per heavy atom. The van der Waals surface area contributed by atoms with Crippen LogP contribution in [0.15, 0.2) is 66.7 Å². The summed E-state index contributed by atoms with van der Waals surface area (Å²) in [5.74, 6) is -3.38. The van der Waals surface area contributed by atoms with Gasteiger partial charge >= 0.3 is 5.97 Å². The number of nitriles is 1. The average molecular weight is 379 g/mol. The molecule has 0 heterocycles. The van der Waals surface area contributed by atoms with Gasteiger partial charge in [0, 0.05) is 5.56 Å². The van der Waals surface area contributed by atoms with Crippen LogP contribution in [0.4, 0.5) is 13.2 Å². The fourth-order valence-corrected chi connectivity index (χ4v) is 2.44. The van der Waals surface area contributed by atoms with Crippen LogP contribution in [0.25, 0.3) is 11.6 Å². The van der Waals surface area contributed by atoms with Gasteiger partial charge in [-0.25, -0.2) is 18.0 Å². The van der Waals surface area contributed by atoms with E-state index in [4.69, 9.17) is 4.74 Å². The van der Waals surface area contributed by atoms with Crippen LogP contribution in [0.3, 0.4) is 0 Å². The summed E-state index contributed by atoms with van der Waals surface area (Å²) in [6.45, 7) is 0. The summed E-state index contributed by atoms with van der Waals surface area (Å²) in [6.07, 6.45) is 1.50. The molecular formula is C22H12F3NO2. The molecule has 3 aromatic rings. The SMILES string of the molecule is N#C/C(=C/c1ccc(OC(=O)c2ccc(F)c(F)c2)cc1)c1ccccc1F. The van der Waals surface area contributed by atoms with Crippen molar-refractivity contribution in [1.82, 2.24) is 0 Å². The predicted octanol–water partition coefficient (Wildman–Crippen LogP) is 5.39. The lowest BCUT2D eigenvalue weighted by Crippen LogP contribution is -2.09. The number of carbonyl (C=O) groups is 1. The Labute approximate surface area is 158 Å². The number of ether oxygens (including phenoxy) is 1. The van der Waals surface area contributed by atoms with E-state index < -0.39 is 23.4 Å². The first-order valence-electron chi connectivity index (χ1n) is 8.12. The first-order valence-corrected chi connectivity index (χ1v) is 8.12. The Balaban J connectivity index is 1.78. The first-order chi connectivity index (χ1) is 13.5. The molecule has 28 heavy (non-hydrogen) atoms. The molecule has 0 aliphatic carbocycles. The molecule has 0 N–H and O–H groups in total. The number of hydrogen-bond donors (Lipinski definition) is 0. The van der Waals surface area contributed by atoms with E-state index in [1.54, 1.807) is 18.2 Å². The minimum atomic E-state index is -1.15.